The average Bonchev–Trinajstić information content (AvgIpc) is 3.32. The van der Waals surface area contributed by atoms with Crippen LogP contribution in [0.2, 0.25) is 0 Å². The van der Waals surface area contributed by atoms with Crippen molar-refractivity contribution in [3.63, 3.8) is 0 Å². The minimum Gasteiger partial charge on any atom is -0.497 e. The van der Waals surface area contributed by atoms with Crippen LogP contribution in [0.25, 0.3) is 0 Å². The predicted octanol–water partition coefficient (Wildman–Crippen LogP) is 2.34. The number of hydrogen-bond donors (Lipinski definition) is 1. The zero-order valence-electron chi connectivity index (χ0n) is 12.4. The summed E-state index contributed by atoms with van der Waals surface area (Å²) in [4.78, 5) is 11.6. The van der Waals surface area contributed by atoms with Gasteiger partial charge in [0.2, 0.25) is 0 Å². The van der Waals surface area contributed by atoms with Crippen LogP contribution in [0.5, 0.6) is 5.75 Å². The lowest BCUT2D eigenvalue weighted by molar-refractivity contribution is -0.138. The summed E-state index contributed by atoms with van der Waals surface area (Å²) in [5, 5.41) is 8.44. The molecule has 0 unspecified atom stereocenters. The van der Waals surface area contributed by atoms with Crippen molar-refractivity contribution >= 4 is 15.8 Å². The zero-order chi connectivity index (χ0) is 16.6. The first-order valence-corrected chi connectivity index (χ1v) is 8.67. The molecule has 3 atom stereocenters. The van der Waals surface area contributed by atoms with E-state index in [0.29, 0.717) is 11.3 Å². The second-order valence-electron chi connectivity index (χ2n) is 5.49. The van der Waals surface area contributed by atoms with Gasteiger partial charge in [-0.1, -0.05) is 30.3 Å². The number of carboxylic acids is 1. The first-order valence-electron chi connectivity index (χ1n) is 7.12. The van der Waals surface area contributed by atoms with Crippen LogP contribution in [-0.2, 0) is 14.6 Å². The van der Waals surface area contributed by atoms with Gasteiger partial charge in [-0.2, -0.15) is 0 Å². The molecule has 0 heterocycles. The molecule has 0 aliphatic heterocycles. The molecule has 0 saturated heterocycles. The van der Waals surface area contributed by atoms with Crippen LogP contribution >= 0.6 is 0 Å². The summed E-state index contributed by atoms with van der Waals surface area (Å²) in [6.45, 7) is 0. The fourth-order valence-corrected chi connectivity index (χ4v) is 5.10. The molecule has 0 bridgehead atoms. The number of sulfone groups is 1. The number of aliphatic carboxylic acids is 1. The Kier molecular flexibility index (Phi) is 3.85. The fraction of sp³-hybridized carbons (Fsp3) is 0.235. The summed E-state index contributed by atoms with van der Waals surface area (Å²) in [5.74, 6) is -1.91. The lowest BCUT2D eigenvalue weighted by atomic mass is 10.1. The van der Waals surface area contributed by atoms with Gasteiger partial charge in [0.05, 0.1) is 23.2 Å². The van der Waals surface area contributed by atoms with E-state index in [0.717, 1.165) is 0 Å². The number of carboxylic acid groups (broad SMARTS) is 1. The van der Waals surface area contributed by atoms with Crippen molar-refractivity contribution in [3.8, 4) is 5.75 Å². The predicted molar refractivity (Wildman–Crippen MR) is 84.3 cm³/mol. The Morgan fingerprint density at radius 3 is 2.17 bits per heavy atom. The highest BCUT2D eigenvalue weighted by Gasteiger charge is 2.63. The normalized spacial score (nSPS) is 23.3. The molecule has 3 rings (SSSR count). The van der Waals surface area contributed by atoms with Crippen molar-refractivity contribution in [1.29, 1.82) is 0 Å². The van der Waals surface area contributed by atoms with Crippen LogP contribution in [0, 0.1) is 5.92 Å². The zero-order valence-corrected chi connectivity index (χ0v) is 13.2. The van der Waals surface area contributed by atoms with E-state index in [1.54, 1.807) is 42.5 Å². The van der Waals surface area contributed by atoms with E-state index in [9.17, 15) is 18.3 Å². The maximum absolute atomic E-state index is 12.7. The Hall–Kier alpha value is -2.34. The van der Waals surface area contributed by atoms with Gasteiger partial charge < -0.3 is 9.84 Å². The maximum atomic E-state index is 12.7. The highest BCUT2D eigenvalue weighted by atomic mass is 32.2. The van der Waals surface area contributed by atoms with E-state index in [1.165, 1.54) is 19.2 Å². The maximum Gasteiger partial charge on any atom is 0.308 e. The monoisotopic (exact) mass is 332 g/mol. The molecule has 1 aliphatic carbocycles. The van der Waals surface area contributed by atoms with E-state index < -0.39 is 32.9 Å². The smallest absolute Gasteiger partial charge is 0.308 e. The molecule has 0 amide bonds. The number of hydrogen-bond acceptors (Lipinski definition) is 4. The molecule has 23 heavy (non-hydrogen) atoms. The fourth-order valence-electron chi connectivity index (χ4n) is 2.95. The minimum absolute atomic E-state index is 0.160. The molecular weight excluding hydrogens is 316 g/mol. The number of carbonyl (C=O) groups is 1. The second kappa shape index (κ2) is 5.70. The van der Waals surface area contributed by atoms with Crippen LogP contribution in [0.3, 0.4) is 0 Å². The molecule has 6 heteroatoms. The SMILES string of the molecule is COc1ccc([C@H]2[C@H](C(=O)O)[C@@H]2S(=O)(=O)c2ccccc2)cc1. The van der Waals surface area contributed by atoms with Gasteiger partial charge in [0.15, 0.2) is 9.84 Å². The number of benzene rings is 2. The quantitative estimate of drug-likeness (QED) is 0.909. The minimum atomic E-state index is -3.69. The summed E-state index contributed by atoms with van der Waals surface area (Å²) in [7, 11) is -2.15. The van der Waals surface area contributed by atoms with Crippen molar-refractivity contribution in [2.45, 2.75) is 16.1 Å². The van der Waals surface area contributed by atoms with Gasteiger partial charge in [-0.25, -0.2) is 8.42 Å². The van der Waals surface area contributed by atoms with E-state index >= 15 is 0 Å². The van der Waals surface area contributed by atoms with Crippen molar-refractivity contribution in [1.82, 2.24) is 0 Å². The average molecular weight is 332 g/mol. The van der Waals surface area contributed by atoms with Crippen molar-refractivity contribution < 1.29 is 23.1 Å². The highest BCUT2D eigenvalue weighted by molar-refractivity contribution is 7.92. The third-order valence-electron chi connectivity index (χ3n) is 4.17. The van der Waals surface area contributed by atoms with Crippen LogP contribution < -0.4 is 4.74 Å². The van der Waals surface area contributed by atoms with E-state index in [1.807, 2.05) is 0 Å². The molecule has 5 nitrogen and oxygen atoms in total. The Labute approximate surface area is 134 Å². The summed E-state index contributed by atoms with van der Waals surface area (Å²) >= 11 is 0. The summed E-state index contributed by atoms with van der Waals surface area (Å²) in [5.41, 5.74) is 0.697. The molecule has 1 saturated carbocycles. The van der Waals surface area contributed by atoms with Gasteiger partial charge in [-0.15, -0.1) is 0 Å². The second-order valence-corrected chi connectivity index (χ2v) is 7.59. The Morgan fingerprint density at radius 2 is 1.65 bits per heavy atom. The van der Waals surface area contributed by atoms with E-state index in [-0.39, 0.29) is 4.90 Å². The molecular formula is C17H16O5S. The molecule has 0 aromatic heterocycles. The molecule has 1 aliphatic rings. The summed E-state index contributed by atoms with van der Waals surface area (Å²) < 4.78 is 30.5. The Balaban J connectivity index is 1.96. The van der Waals surface area contributed by atoms with Crippen molar-refractivity contribution in [2.24, 2.45) is 5.92 Å². The Bertz CT molecular complexity index is 812. The van der Waals surface area contributed by atoms with Gasteiger partial charge in [-0.3, -0.25) is 4.79 Å². The van der Waals surface area contributed by atoms with Crippen molar-refractivity contribution in [2.75, 3.05) is 7.11 Å². The first kappa shape index (κ1) is 15.6. The van der Waals surface area contributed by atoms with Crippen LogP contribution in [0.15, 0.2) is 59.5 Å². The molecule has 0 radical (unpaired) electrons. The van der Waals surface area contributed by atoms with Crippen LogP contribution in [0.4, 0.5) is 0 Å². The highest BCUT2D eigenvalue weighted by Crippen LogP contribution is 2.54. The van der Waals surface area contributed by atoms with Crippen LogP contribution in [-0.4, -0.2) is 31.9 Å². The van der Waals surface area contributed by atoms with Gasteiger partial charge in [0.25, 0.3) is 0 Å². The van der Waals surface area contributed by atoms with Gasteiger partial charge in [-0.05, 0) is 29.8 Å². The lowest BCUT2D eigenvalue weighted by Crippen LogP contribution is -2.13. The van der Waals surface area contributed by atoms with Crippen LogP contribution in [0.1, 0.15) is 11.5 Å². The molecule has 2 aromatic rings. The third kappa shape index (κ3) is 2.70. The summed E-state index contributed by atoms with van der Waals surface area (Å²) in [6.07, 6.45) is 0. The Morgan fingerprint density at radius 1 is 1.04 bits per heavy atom. The molecule has 120 valence electrons. The first-order chi connectivity index (χ1) is 11.0. The van der Waals surface area contributed by atoms with E-state index in [4.69, 9.17) is 4.74 Å². The van der Waals surface area contributed by atoms with Gasteiger partial charge >= 0.3 is 5.97 Å². The molecule has 1 fully saturated rings. The van der Waals surface area contributed by atoms with Gasteiger partial charge in [0.1, 0.15) is 5.75 Å². The van der Waals surface area contributed by atoms with E-state index in [2.05, 4.69) is 0 Å². The summed E-state index contributed by atoms with van der Waals surface area (Å²) in [6, 6.07) is 14.8. The van der Waals surface area contributed by atoms with Crippen molar-refractivity contribution in [3.05, 3.63) is 60.2 Å². The standard InChI is InChI=1S/C17H16O5S/c1-22-12-9-7-11(8-10-12)14-15(17(18)19)16(14)23(20,21)13-5-3-2-4-6-13/h2-10,14-16H,1H3,(H,18,19)/t14-,15-,16+/m0/s1. The largest absolute Gasteiger partial charge is 0.497 e. The molecule has 1 N–H and O–H groups in total. The molecule has 2 aromatic carbocycles. The third-order valence-corrected chi connectivity index (χ3v) is 6.40. The van der Waals surface area contributed by atoms with Gasteiger partial charge in [0, 0.05) is 5.92 Å². The topological polar surface area (TPSA) is 80.7 Å². The molecule has 0 spiro atoms. The number of rotatable bonds is 5. The lowest BCUT2D eigenvalue weighted by Gasteiger charge is -2.04. The number of ether oxygens (including phenoxy) is 1. The number of methoxy groups -OCH3 is 1.